The van der Waals surface area contributed by atoms with Gasteiger partial charge < -0.3 is 4.42 Å². The van der Waals surface area contributed by atoms with Crippen LogP contribution in [0.5, 0.6) is 0 Å². The summed E-state index contributed by atoms with van der Waals surface area (Å²) in [6.07, 6.45) is 0. The molecule has 0 amide bonds. The highest BCUT2D eigenvalue weighted by Gasteiger charge is 2.37. The highest BCUT2D eigenvalue weighted by atomic mass is 16.3. The summed E-state index contributed by atoms with van der Waals surface area (Å²) in [7, 11) is 0. The van der Waals surface area contributed by atoms with E-state index in [1.165, 1.54) is 22.3 Å². The minimum Gasteiger partial charge on any atom is -0.455 e. The third kappa shape index (κ3) is 4.72. The zero-order chi connectivity index (χ0) is 34.8. The summed E-state index contributed by atoms with van der Waals surface area (Å²) in [4.78, 5) is 16.0. The Kier molecular flexibility index (Phi) is 6.80. The number of fused-ring (bicyclic) bond motifs is 6. The van der Waals surface area contributed by atoms with Crippen LogP contribution in [0.1, 0.15) is 25.0 Å². The van der Waals surface area contributed by atoms with E-state index < -0.39 is 0 Å². The fraction of sp³-hybridized carbons (Fsp3) is 0.0625. The van der Waals surface area contributed by atoms with Crippen LogP contribution in [0.4, 0.5) is 0 Å². The van der Waals surface area contributed by atoms with E-state index in [2.05, 4.69) is 147 Å². The van der Waals surface area contributed by atoms with Crippen molar-refractivity contribution in [1.82, 2.24) is 15.0 Å². The molecule has 1 aliphatic carbocycles. The molecule has 4 nitrogen and oxygen atoms in total. The van der Waals surface area contributed by atoms with Crippen molar-refractivity contribution in [2.45, 2.75) is 19.3 Å². The van der Waals surface area contributed by atoms with Gasteiger partial charge in [-0.25, -0.2) is 15.0 Å². The van der Waals surface area contributed by atoms with E-state index in [0.29, 0.717) is 17.5 Å². The minimum atomic E-state index is -0.158. The number of hydrogen-bond donors (Lipinski definition) is 0. The van der Waals surface area contributed by atoms with Crippen molar-refractivity contribution in [3.05, 3.63) is 175 Å². The van der Waals surface area contributed by atoms with Crippen molar-refractivity contribution in [2.24, 2.45) is 0 Å². The number of nitrogens with zero attached hydrogens (tertiary/aromatic N) is 3. The molecule has 246 valence electrons. The highest BCUT2D eigenvalue weighted by molar-refractivity contribution is 6.09. The molecule has 4 heteroatoms. The number of rotatable bonds is 5. The van der Waals surface area contributed by atoms with E-state index in [4.69, 9.17) is 19.4 Å². The number of aromatic nitrogens is 3. The smallest absolute Gasteiger partial charge is 0.167 e. The third-order valence-corrected chi connectivity index (χ3v) is 10.6. The normalized spacial score (nSPS) is 13.0. The summed E-state index contributed by atoms with van der Waals surface area (Å²) < 4.78 is 6.53. The van der Waals surface area contributed by atoms with Crippen molar-refractivity contribution in [2.75, 3.05) is 0 Å². The summed E-state index contributed by atoms with van der Waals surface area (Å²) in [5, 5.41) is 2.10. The van der Waals surface area contributed by atoms with Crippen LogP contribution in [-0.4, -0.2) is 15.0 Å². The molecule has 2 heterocycles. The molecule has 0 bridgehead atoms. The van der Waals surface area contributed by atoms with Gasteiger partial charge in [0.25, 0.3) is 0 Å². The Labute approximate surface area is 302 Å². The SMILES string of the molecule is CC1(C)c2ccccc2-c2c(-c3nc(-c4ccc(-c5ccccc5)cc4-c4ccccc4)nc(-c4cccc5c4oc4ccccc45)n3)cccc21. The average molecular weight is 668 g/mol. The molecule has 10 rings (SSSR count). The lowest BCUT2D eigenvalue weighted by molar-refractivity contribution is 0.660. The van der Waals surface area contributed by atoms with E-state index in [-0.39, 0.29) is 5.41 Å². The number of para-hydroxylation sites is 2. The Morgan fingerprint density at radius 1 is 0.404 bits per heavy atom. The van der Waals surface area contributed by atoms with Crippen LogP contribution in [0.15, 0.2) is 168 Å². The van der Waals surface area contributed by atoms with Gasteiger partial charge >= 0.3 is 0 Å². The van der Waals surface area contributed by atoms with Gasteiger partial charge in [-0.1, -0.05) is 153 Å². The molecule has 9 aromatic rings. The maximum Gasteiger partial charge on any atom is 0.167 e. The van der Waals surface area contributed by atoms with Crippen LogP contribution in [0.2, 0.25) is 0 Å². The number of hydrogen-bond acceptors (Lipinski definition) is 4. The van der Waals surface area contributed by atoms with Gasteiger partial charge in [-0.3, -0.25) is 0 Å². The third-order valence-electron chi connectivity index (χ3n) is 10.6. The molecule has 2 aromatic heterocycles. The first-order chi connectivity index (χ1) is 25.5. The molecule has 0 atom stereocenters. The second-order valence-corrected chi connectivity index (χ2v) is 14.0. The molecule has 0 N–H and O–H groups in total. The Bertz CT molecular complexity index is 2820. The van der Waals surface area contributed by atoms with Crippen molar-refractivity contribution in [3.8, 4) is 67.5 Å². The summed E-state index contributed by atoms with van der Waals surface area (Å²) >= 11 is 0. The first-order valence-corrected chi connectivity index (χ1v) is 17.7. The van der Waals surface area contributed by atoms with Gasteiger partial charge in [0.1, 0.15) is 11.2 Å². The summed E-state index contributed by atoms with van der Waals surface area (Å²) in [5.74, 6) is 1.80. The fourth-order valence-corrected chi connectivity index (χ4v) is 8.01. The van der Waals surface area contributed by atoms with Crippen molar-refractivity contribution >= 4 is 21.9 Å². The van der Waals surface area contributed by atoms with E-state index in [1.807, 2.05) is 30.3 Å². The molecule has 0 fully saturated rings. The quantitative estimate of drug-likeness (QED) is 0.183. The van der Waals surface area contributed by atoms with Crippen LogP contribution in [-0.2, 0) is 5.41 Å². The summed E-state index contributed by atoms with van der Waals surface area (Å²) in [6, 6.07) is 57.2. The maximum atomic E-state index is 6.53. The first kappa shape index (κ1) is 30.2. The van der Waals surface area contributed by atoms with Gasteiger partial charge in [0.2, 0.25) is 0 Å². The van der Waals surface area contributed by atoms with Gasteiger partial charge in [-0.2, -0.15) is 0 Å². The van der Waals surface area contributed by atoms with Crippen molar-refractivity contribution < 1.29 is 4.42 Å². The molecule has 0 saturated heterocycles. The lowest BCUT2D eigenvalue weighted by Crippen LogP contribution is -2.14. The molecular weight excluding hydrogens is 635 g/mol. The molecule has 0 radical (unpaired) electrons. The van der Waals surface area contributed by atoms with Gasteiger partial charge in [0, 0.05) is 27.3 Å². The lowest BCUT2D eigenvalue weighted by atomic mass is 9.82. The van der Waals surface area contributed by atoms with Crippen molar-refractivity contribution in [3.63, 3.8) is 0 Å². The Balaban J connectivity index is 1.27. The van der Waals surface area contributed by atoms with Crippen LogP contribution < -0.4 is 0 Å². The molecule has 1 aliphatic rings. The van der Waals surface area contributed by atoms with Crippen LogP contribution in [0.3, 0.4) is 0 Å². The molecular formula is C48H33N3O. The minimum absolute atomic E-state index is 0.158. The number of benzene rings is 7. The predicted octanol–water partition coefficient (Wildman–Crippen LogP) is 12.4. The van der Waals surface area contributed by atoms with Gasteiger partial charge in [-0.15, -0.1) is 0 Å². The lowest BCUT2D eigenvalue weighted by Gasteiger charge is -2.21. The molecule has 7 aromatic carbocycles. The topological polar surface area (TPSA) is 51.8 Å². The Morgan fingerprint density at radius 2 is 0.981 bits per heavy atom. The first-order valence-electron chi connectivity index (χ1n) is 17.7. The largest absolute Gasteiger partial charge is 0.455 e. The van der Waals surface area contributed by atoms with E-state index in [0.717, 1.165) is 60.9 Å². The summed E-state index contributed by atoms with van der Waals surface area (Å²) in [5.41, 5.74) is 13.6. The van der Waals surface area contributed by atoms with Crippen LogP contribution >= 0.6 is 0 Å². The second kappa shape index (κ2) is 11.7. The molecule has 0 spiro atoms. The second-order valence-electron chi connectivity index (χ2n) is 14.0. The van der Waals surface area contributed by atoms with Gasteiger partial charge in [0.05, 0.1) is 5.56 Å². The monoisotopic (exact) mass is 667 g/mol. The fourth-order valence-electron chi connectivity index (χ4n) is 8.01. The van der Waals surface area contributed by atoms with Crippen LogP contribution in [0, 0.1) is 0 Å². The molecule has 0 unspecified atom stereocenters. The van der Waals surface area contributed by atoms with E-state index in [9.17, 15) is 0 Å². The van der Waals surface area contributed by atoms with E-state index in [1.54, 1.807) is 0 Å². The zero-order valence-corrected chi connectivity index (χ0v) is 28.8. The predicted molar refractivity (Wildman–Crippen MR) is 212 cm³/mol. The zero-order valence-electron chi connectivity index (χ0n) is 28.8. The molecule has 0 saturated carbocycles. The summed E-state index contributed by atoms with van der Waals surface area (Å²) in [6.45, 7) is 4.60. The standard InChI is InChI=1S/C48H33N3O/c1-48(2)40-24-11-9-20-36(40)43-37(22-14-25-41(43)48)46-49-45(50-47(51-46)38-23-13-21-34-33-19-10-12-26-42(33)52-44(34)38)35-28-27-32(30-15-5-3-6-16-30)29-39(35)31-17-7-4-8-18-31/h3-29H,1-2H3. The Hall–Kier alpha value is -6.65. The van der Waals surface area contributed by atoms with Gasteiger partial charge in [-0.05, 0) is 68.8 Å². The van der Waals surface area contributed by atoms with Gasteiger partial charge in [0.15, 0.2) is 17.5 Å². The maximum absolute atomic E-state index is 6.53. The van der Waals surface area contributed by atoms with Crippen molar-refractivity contribution in [1.29, 1.82) is 0 Å². The average Bonchev–Trinajstić information content (AvgIpc) is 3.70. The number of furan rings is 1. The Morgan fingerprint density at radius 3 is 1.79 bits per heavy atom. The molecule has 0 aliphatic heterocycles. The van der Waals surface area contributed by atoms with E-state index >= 15 is 0 Å². The van der Waals surface area contributed by atoms with Crippen LogP contribution in [0.25, 0.3) is 89.5 Å². The highest BCUT2D eigenvalue weighted by Crippen LogP contribution is 2.52. The molecule has 52 heavy (non-hydrogen) atoms.